The molecule has 12 nitrogen and oxygen atoms in total. The second kappa shape index (κ2) is 12.2. The van der Waals surface area contributed by atoms with E-state index in [2.05, 4.69) is 42.7 Å². The summed E-state index contributed by atoms with van der Waals surface area (Å²) < 4.78 is 21.3. The van der Waals surface area contributed by atoms with E-state index in [4.69, 9.17) is 25.8 Å². The first kappa shape index (κ1) is 27.2. The van der Waals surface area contributed by atoms with Gasteiger partial charge in [-0.1, -0.05) is 22.9 Å². The van der Waals surface area contributed by atoms with Crippen molar-refractivity contribution in [3.63, 3.8) is 0 Å². The Morgan fingerprint density at radius 3 is 2.95 bits per heavy atom. The summed E-state index contributed by atoms with van der Waals surface area (Å²) in [7, 11) is 1.66. The summed E-state index contributed by atoms with van der Waals surface area (Å²) in [6.45, 7) is 3.86. The van der Waals surface area contributed by atoms with Crippen molar-refractivity contribution in [1.82, 2.24) is 40.0 Å². The first-order valence-electron chi connectivity index (χ1n) is 13.5. The summed E-state index contributed by atoms with van der Waals surface area (Å²) >= 11 is 6.34. The minimum Gasteiger partial charge on any atom is -0.496 e. The third kappa shape index (κ3) is 6.50. The molecule has 1 fully saturated rings. The molecule has 1 saturated heterocycles. The SMILES string of the molecule is COc1ccc(CN2C[C@@H]3NC(=O)c4ccc(Cl)c(c4)OCCCn4cc(nn4)CO[C@H]3C2)cc1Cn1cncn1. The Morgan fingerprint density at radius 1 is 1.17 bits per heavy atom. The number of fused-ring (bicyclic) bond motifs is 5. The van der Waals surface area contributed by atoms with Gasteiger partial charge in [0.25, 0.3) is 5.91 Å². The Hall–Kier alpha value is -4.00. The van der Waals surface area contributed by atoms with Gasteiger partial charge < -0.3 is 19.5 Å². The van der Waals surface area contributed by atoms with Crippen molar-refractivity contribution in [2.45, 2.75) is 44.8 Å². The van der Waals surface area contributed by atoms with Crippen LogP contribution in [0.1, 0.15) is 33.6 Å². The highest BCUT2D eigenvalue weighted by Crippen LogP contribution is 2.27. The van der Waals surface area contributed by atoms with E-state index in [1.54, 1.807) is 41.0 Å². The summed E-state index contributed by atoms with van der Waals surface area (Å²) in [6, 6.07) is 11.0. The highest BCUT2D eigenvalue weighted by molar-refractivity contribution is 6.32. The molecule has 2 aromatic carbocycles. The van der Waals surface area contributed by atoms with Crippen LogP contribution in [-0.2, 0) is 31.0 Å². The van der Waals surface area contributed by atoms with Gasteiger partial charge in [0.15, 0.2) is 0 Å². The second-order valence-corrected chi connectivity index (χ2v) is 10.6. The fraction of sp³-hybridized carbons (Fsp3) is 0.393. The highest BCUT2D eigenvalue weighted by Gasteiger charge is 2.35. The molecule has 0 radical (unpaired) electrons. The molecule has 2 aromatic heterocycles. The molecule has 2 atom stereocenters. The number of aryl methyl sites for hydroxylation is 1. The molecule has 6 rings (SSSR count). The van der Waals surface area contributed by atoms with Gasteiger partial charge in [0.2, 0.25) is 0 Å². The molecule has 0 aliphatic carbocycles. The van der Waals surface area contributed by atoms with Crippen LogP contribution in [0.15, 0.2) is 55.2 Å². The van der Waals surface area contributed by atoms with E-state index in [9.17, 15) is 4.79 Å². The number of nitrogens with one attached hydrogen (secondary N) is 1. The Bertz CT molecular complexity index is 1490. The summed E-state index contributed by atoms with van der Waals surface area (Å²) in [4.78, 5) is 19.6. The standard InChI is InChI=1S/C28H31ClN8O4/c1-39-25-6-3-19(9-21(25)12-37-18-30-17-31-37)11-35-14-24-27(15-35)41-16-22-13-36(34-33-22)7-2-8-40-26-10-20(28(38)32-24)4-5-23(26)29/h3-6,9-10,13,17-18,24,27H,2,7-8,11-12,14-16H2,1H3,(H,32,38)/t24-,27-/m0/s1. The number of methoxy groups -OCH3 is 1. The van der Waals surface area contributed by atoms with Crippen molar-refractivity contribution in [1.29, 1.82) is 0 Å². The molecule has 0 unspecified atom stereocenters. The highest BCUT2D eigenvalue weighted by atomic mass is 35.5. The minimum atomic E-state index is -0.243. The molecule has 2 aliphatic heterocycles. The first-order valence-corrected chi connectivity index (χ1v) is 13.9. The van der Waals surface area contributed by atoms with Crippen LogP contribution in [0, 0.1) is 0 Å². The first-order chi connectivity index (χ1) is 20.0. The van der Waals surface area contributed by atoms with Crippen molar-refractivity contribution in [3.05, 3.63) is 82.7 Å². The average molecular weight is 579 g/mol. The molecular weight excluding hydrogens is 548 g/mol. The van der Waals surface area contributed by atoms with Crippen LogP contribution >= 0.6 is 11.6 Å². The van der Waals surface area contributed by atoms with Crippen LogP contribution in [0.3, 0.4) is 0 Å². The van der Waals surface area contributed by atoms with Crippen molar-refractivity contribution >= 4 is 17.5 Å². The Balaban J connectivity index is 1.21. The lowest BCUT2D eigenvalue weighted by atomic mass is 10.1. The van der Waals surface area contributed by atoms with E-state index in [0.717, 1.165) is 22.6 Å². The topological polar surface area (TPSA) is 121 Å². The van der Waals surface area contributed by atoms with Crippen molar-refractivity contribution < 1.29 is 19.0 Å². The van der Waals surface area contributed by atoms with Gasteiger partial charge >= 0.3 is 0 Å². The zero-order chi connectivity index (χ0) is 28.2. The van der Waals surface area contributed by atoms with Crippen LogP contribution in [0.25, 0.3) is 0 Å². The Morgan fingerprint density at radius 2 is 2.10 bits per heavy atom. The minimum absolute atomic E-state index is 0.204. The van der Waals surface area contributed by atoms with Crippen LogP contribution < -0.4 is 14.8 Å². The fourth-order valence-corrected chi connectivity index (χ4v) is 5.38. The number of halogens is 1. The summed E-state index contributed by atoms with van der Waals surface area (Å²) in [5, 5.41) is 16.3. The van der Waals surface area contributed by atoms with Gasteiger partial charge in [0.05, 0.1) is 50.2 Å². The maximum atomic E-state index is 13.3. The van der Waals surface area contributed by atoms with Crippen LogP contribution in [0.2, 0.25) is 5.02 Å². The van der Waals surface area contributed by atoms with E-state index in [-0.39, 0.29) is 18.1 Å². The molecule has 214 valence electrons. The van der Waals surface area contributed by atoms with E-state index in [1.165, 1.54) is 6.33 Å². The molecule has 13 heteroatoms. The lowest BCUT2D eigenvalue weighted by Gasteiger charge is -2.20. The summed E-state index contributed by atoms with van der Waals surface area (Å²) in [5.74, 6) is 1.07. The third-order valence-electron chi connectivity index (χ3n) is 7.22. The molecule has 0 saturated carbocycles. The number of rotatable bonds is 5. The maximum absolute atomic E-state index is 13.3. The molecule has 2 aliphatic rings. The Kier molecular flexibility index (Phi) is 8.12. The van der Waals surface area contributed by atoms with Gasteiger partial charge in [-0.2, -0.15) is 5.10 Å². The van der Waals surface area contributed by atoms with Gasteiger partial charge in [-0.25, -0.2) is 9.67 Å². The smallest absolute Gasteiger partial charge is 0.251 e. The quantitative estimate of drug-likeness (QED) is 0.381. The number of nitrogens with zero attached hydrogens (tertiary/aromatic N) is 7. The predicted molar refractivity (Wildman–Crippen MR) is 149 cm³/mol. The van der Waals surface area contributed by atoms with E-state index in [0.29, 0.717) is 68.7 Å². The van der Waals surface area contributed by atoms with E-state index >= 15 is 0 Å². The molecular formula is C28H31ClN8O4. The van der Waals surface area contributed by atoms with Crippen molar-refractivity contribution in [2.24, 2.45) is 0 Å². The number of ether oxygens (including phenoxy) is 3. The zero-order valence-electron chi connectivity index (χ0n) is 22.6. The van der Waals surface area contributed by atoms with Crippen molar-refractivity contribution in [3.8, 4) is 11.5 Å². The lowest BCUT2D eigenvalue weighted by Crippen LogP contribution is -2.44. The number of aromatic nitrogens is 6. The molecule has 1 amide bonds. The second-order valence-electron chi connectivity index (χ2n) is 10.2. The molecule has 4 heterocycles. The summed E-state index contributed by atoms with van der Waals surface area (Å²) in [6.07, 6.45) is 5.55. The number of hydrogen-bond acceptors (Lipinski definition) is 9. The van der Waals surface area contributed by atoms with E-state index in [1.807, 2.05) is 12.3 Å². The maximum Gasteiger partial charge on any atom is 0.251 e. The van der Waals surface area contributed by atoms with Crippen LogP contribution in [0.4, 0.5) is 0 Å². The molecule has 4 bridgehead atoms. The van der Waals surface area contributed by atoms with Gasteiger partial charge in [-0.15, -0.1) is 5.10 Å². The normalized spacial score (nSPS) is 19.8. The van der Waals surface area contributed by atoms with Crippen LogP contribution in [-0.4, -0.2) is 79.5 Å². The third-order valence-corrected chi connectivity index (χ3v) is 7.53. The number of carbonyl (C=O) groups is 1. The van der Waals surface area contributed by atoms with Gasteiger partial charge in [0, 0.05) is 43.7 Å². The number of amides is 1. The number of hydrogen-bond donors (Lipinski definition) is 1. The average Bonchev–Trinajstić information content (AvgIpc) is 3.73. The van der Waals surface area contributed by atoms with Crippen LogP contribution in [0.5, 0.6) is 11.5 Å². The Labute approximate surface area is 242 Å². The van der Waals surface area contributed by atoms with Gasteiger partial charge in [-0.05, 0) is 35.9 Å². The summed E-state index contributed by atoms with van der Waals surface area (Å²) in [5.41, 5.74) is 3.35. The largest absolute Gasteiger partial charge is 0.496 e. The lowest BCUT2D eigenvalue weighted by molar-refractivity contribution is 0.0293. The molecule has 0 spiro atoms. The van der Waals surface area contributed by atoms with Gasteiger partial charge in [0.1, 0.15) is 29.8 Å². The van der Waals surface area contributed by atoms with E-state index < -0.39 is 0 Å². The molecule has 1 N–H and O–H groups in total. The predicted octanol–water partition coefficient (Wildman–Crippen LogP) is 2.56. The van der Waals surface area contributed by atoms with Gasteiger partial charge in [-0.3, -0.25) is 14.4 Å². The number of likely N-dealkylation sites (tertiary alicyclic amines) is 1. The monoisotopic (exact) mass is 578 g/mol. The zero-order valence-corrected chi connectivity index (χ0v) is 23.4. The number of carbonyl (C=O) groups excluding carboxylic acids is 1. The molecule has 41 heavy (non-hydrogen) atoms. The fourth-order valence-electron chi connectivity index (χ4n) is 5.21. The van der Waals surface area contributed by atoms with Crippen molar-refractivity contribution in [2.75, 3.05) is 26.8 Å². The molecule has 4 aromatic rings. The number of benzene rings is 2.